The number of anilines is 1. The second-order valence-electron chi connectivity index (χ2n) is 6.71. The van der Waals surface area contributed by atoms with Crippen molar-refractivity contribution in [1.29, 1.82) is 0 Å². The molecular formula is C15H19BClNO4. The number of fused-ring (bicyclic) bond motifs is 1. The van der Waals surface area contributed by atoms with Gasteiger partial charge in [-0.1, -0.05) is 17.7 Å². The van der Waals surface area contributed by atoms with Gasteiger partial charge in [0, 0.05) is 12.6 Å². The van der Waals surface area contributed by atoms with Gasteiger partial charge in [0.05, 0.1) is 21.9 Å². The van der Waals surface area contributed by atoms with Crippen LogP contribution in [0.5, 0.6) is 0 Å². The number of ether oxygens (including phenoxy) is 1. The molecule has 1 aromatic carbocycles. The molecule has 1 saturated heterocycles. The lowest BCUT2D eigenvalue weighted by Crippen LogP contribution is -2.41. The molecule has 0 N–H and O–H groups in total. The Morgan fingerprint density at radius 2 is 1.77 bits per heavy atom. The van der Waals surface area contributed by atoms with Crippen LogP contribution in [0, 0.1) is 0 Å². The van der Waals surface area contributed by atoms with Crippen molar-refractivity contribution in [3.63, 3.8) is 0 Å². The lowest BCUT2D eigenvalue weighted by molar-refractivity contribution is 0.00578. The first-order valence-electron chi connectivity index (χ1n) is 7.21. The van der Waals surface area contributed by atoms with Gasteiger partial charge in [-0.15, -0.1) is 0 Å². The summed E-state index contributed by atoms with van der Waals surface area (Å²) < 4.78 is 17.2. The summed E-state index contributed by atoms with van der Waals surface area (Å²) >= 11 is 6.37. The molecule has 2 heterocycles. The summed E-state index contributed by atoms with van der Waals surface area (Å²) in [5.74, 6) is 0. The highest BCUT2D eigenvalue weighted by atomic mass is 35.5. The molecule has 1 aromatic rings. The number of halogens is 1. The fourth-order valence-electron chi connectivity index (χ4n) is 2.61. The fraction of sp³-hybridized carbons (Fsp3) is 0.533. The van der Waals surface area contributed by atoms with Crippen LogP contribution in [-0.4, -0.2) is 31.5 Å². The van der Waals surface area contributed by atoms with Gasteiger partial charge in [0.1, 0.15) is 6.61 Å². The van der Waals surface area contributed by atoms with Crippen LogP contribution in [0.3, 0.4) is 0 Å². The third-order valence-electron chi connectivity index (χ3n) is 4.65. The first kappa shape index (κ1) is 15.7. The minimum Gasteiger partial charge on any atom is -0.444 e. The number of benzene rings is 1. The molecular weight excluding hydrogens is 304 g/mol. The van der Waals surface area contributed by atoms with E-state index in [2.05, 4.69) is 0 Å². The van der Waals surface area contributed by atoms with E-state index in [-0.39, 0.29) is 6.61 Å². The minimum absolute atomic E-state index is 0.200. The minimum atomic E-state index is -0.490. The summed E-state index contributed by atoms with van der Waals surface area (Å²) in [6.07, 6.45) is -0.405. The zero-order chi connectivity index (χ0) is 16.3. The molecule has 2 aliphatic rings. The predicted octanol–water partition coefficient (Wildman–Crippen LogP) is 2.73. The summed E-state index contributed by atoms with van der Waals surface area (Å²) in [6, 6.07) is 3.71. The Morgan fingerprint density at radius 3 is 2.36 bits per heavy atom. The van der Waals surface area contributed by atoms with Crippen molar-refractivity contribution < 1.29 is 18.8 Å². The van der Waals surface area contributed by atoms with E-state index in [9.17, 15) is 4.79 Å². The summed E-state index contributed by atoms with van der Waals surface area (Å²) in [5.41, 5.74) is 1.53. The lowest BCUT2D eigenvalue weighted by Gasteiger charge is -2.32. The summed E-state index contributed by atoms with van der Waals surface area (Å²) in [6.45, 7) is 8.21. The van der Waals surface area contributed by atoms with Crippen molar-refractivity contribution in [1.82, 2.24) is 0 Å². The van der Waals surface area contributed by atoms with Crippen LogP contribution in [0.25, 0.3) is 0 Å². The van der Waals surface area contributed by atoms with Gasteiger partial charge in [-0.2, -0.15) is 0 Å². The molecule has 0 saturated carbocycles. The third kappa shape index (κ3) is 2.30. The van der Waals surface area contributed by atoms with E-state index in [0.717, 1.165) is 11.0 Å². The fourth-order valence-corrected chi connectivity index (χ4v) is 2.98. The largest absolute Gasteiger partial charge is 0.494 e. The van der Waals surface area contributed by atoms with E-state index < -0.39 is 24.4 Å². The number of nitrogens with zero attached hydrogens (tertiary/aromatic N) is 1. The monoisotopic (exact) mass is 323 g/mol. The van der Waals surface area contributed by atoms with Crippen molar-refractivity contribution in [3.8, 4) is 0 Å². The predicted molar refractivity (Wildman–Crippen MR) is 85.8 cm³/mol. The van der Waals surface area contributed by atoms with Crippen LogP contribution < -0.4 is 10.4 Å². The molecule has 22 heavy (non-hydrogen) atoms. The number of carbonyl (C=O) groups excluding carboxylic acids is 1. The Bertz CT molecular complexity index is 631. The van der Waals surface area contributed by atoms with E-state index in [0.29, 0.717) is 10.7 Å². The highest BCUT2D eigenvalue weighted by molar-refractivity contribution is 6.62. The smallest absolute Gasteiger partial charge is 0.444 e. The van der Waals surface area contributed by atoms with Crippen molar-refractivity contribution in [2.24, 2.45) is 0 Å². The Balaban J connectivity index is 1.98. The van der Waals surface area contributed by atoms with Gasteiger partial charge < -0.3 is 14.0 Å². The molecule has 0 aliphatic carbocycles. The Labute approximate surface area is 135 Å². The third-order valence-corrected chi connectivity index (χ3v) is 4.94. The van der Waals surface area contributed by atoms with E-state index in [1.54, 1.807) is 13.1 Å². The van der Waals surface area contributed by atoms with Gasteiger partial charge in [0.25, 0.3) is 0 Å². The van der Waals surface area contributed by atoms with Gasteiger partial charge in [-0.05, 0) is 39.2 Å². The molecule has 5 nitrogen and oxygen atoms in total. The maximum atomic E-state index is 11.6. The number of rotatable bonds is 1. The van der Waals surface area contributed by atoms with Crippen molar-refractivity contribution in [2.75, 3.05) is 11.9 Å². The molecule has 0 bridgehead atoms. The highest BCUT2D eigenvalue weighted by Crippen LogP contribution is 2.38. The molecule has 0 unspecified atom stereocenters. The molecule has 0 radical (unpaired) electrons. The van der Waals surface area contributed by atoms with Crippen molar-refractivity contribution >= 4 is 36.0 Å². The average Bonchev–Trinajstić information content (AvgIpc) is 2.62. The number of amides is 1. The quantitative estimate of drug-likeness (QED) is 0.746. The standard InChI is InChI=1S/C15H19BClNO4/c1-14(2)15(3,4)22-16(21-14)10-6-9-8-20-13(19)18(5)12(9)11(17)7-10/h6-7H,8H2,1-5H3. The van der Waals surface area contributed by atoms with Crippen molar-refractivity contribution in [3.05, 3.63) is 22.7 Å². The van der Waals surface area contributed by atoms with E-state index in [4.69, 9.17) is 25.6 Å². The maximum absolute atomic E-state index is 11.6. The zero-order valence-electron chi connectivity index (χ0n) is 13.4. The van der Waals surface area contributed by atoms with E-state index in [1.165, 1.54) is 4.90 Å². The average molecular weight is 324 g/mol. The van der Waals surface area contributed by atoms with E-state index >= 15 is 0 Å². The van der Waals surface area contributed by atoms with E-state index in [1.807, 2.05) is 33.8 Å². The first-order chi connectivity index (χ1) is 10.1. The topological polar surface area (TPSA) is 48.0 Å². The van der Waals surface area contributed by atoms with Crippen LogP contribution in [0.1, 0.15) is 33.3 Å². The summed E-state index contributed by atoms with van der Waals surface area (Å²) in [5, 5.41) is 0.487. The lowest BCUT2D eigenvalue weighted by atomic mass is 9.78. The van der Waals surface area contributed by atoms with Gasteiger partial charge in [-0.25, -0.2) is 4.79 Å². The van der Waals surface area contributed by atoms with Crippen LogP contribution in [0.15, 0.2) is 12.1 Å². The van der Waals surface area contributed by atoms with Crippen LogP contribution in [-0.2, 0) is 20.7 Å². The van der Waals surface area contributed by atoms with Gasteiger partial charge in [0.15, 0.2) is 0 Å². The van der Waals surface area contributed by atoms with Crippen LogP contribution >= 0.6 is 11.6 Å². The number of cyclic esters (lactones) is 1. The van der Waals surface area contributed by atoms with Crippen LogP contribution in [0.4, 0.5) is 10.5 Å². The van der Waals surface area contributed by atoms with Crippen molar-refractivity contribution in [2.45, 2.75) is 45.5 Å². The number of hydrogen-bond donors (Lipinski definition) is 0. The number of carbonyl (C=O) groups is 1. The molecule has 1 fully saturated rings. The number of hydrogen-bond acceptors (Lipinski definition) is 4. The Hall–Kier alpha value is -1.24. The molecule has 1 amide bonds. The molecule has 3 rings (SSSR count). The zero-order valence-corrected chi connectivity index (χ0v) is 14.2. The van der Waals surface area contributed by atoms with Gasteiger partial charge in [0.2, 0.25) is 0 Å². The van der Waals surface area contributed by atoms with Crippen LogP contribution in [0.2, 0.25) is 5.02 Å². The SMILES string of the molecule is CN1C(=O)OCc2cc(B3OC(C)(C)C(C)(C)O3)cc(Cl)c21. The molecule has 7 heteroatoms. The van der Waals surface area contributed by atoms with Gasteiger partial charge >= 0.3 is 13.2 Å². The maximum Gasteiger partial charge on any atom is 0.494 e. The second kappa shape index (κ2) is 4.88. The normalized spacial score (nSPS) is 22.5. The summed E-state index contributed by atoms with van der Waals surface area (Å²) in [7, 11) is 1.15. The summed E-state index contributed by atoms with van der Waals surface area (Å²) in [4.78, 5) is 13.0. The molecule has 2 aliphatic heterocycles. The molecule has 0 aromatic heterocycles. The molecule has 118 valence electrons. The first-order valence-corrected chi connectivity index (χ1v) is 7.58. The second-order valence-corrected chi connectivity index (χ2v) is 7.12. The Morgan fingerprint density at radius 1 is 1.18 bits per heavy atom. The van der Waals surface area contributed by atoms with Gasteiger partial charge in [-0.3, -0.25) is 4.90 Å². The molecule has 0 atom stereocenters. The molecule has 0 spiro atoms. The Kier molecular flexibility index (Phi) is 3.47. The highest BCUT2D eigenvalue weighted by Gasteiger charge is 2.52.